The number of imidazole rings is 1. The molecule has 0 aliphatic carbocycles. The molecule has 7 nitrogen and oxygen atoms in total. The van der Waals surface area contributed by atoms with Crippen LogP contribution >= 0.6 is 51.5 Å². The number of halogens is 4. The van der Waals surface area contributed by atoms with E-state index in [0.29, 0.717) is 39.1 Å². The Labute approximate surface area is 210 Å². The Morgan fingerprint density at radius 1 is 1.28 bits per heavy atom. The van der Waals surface area contributed by atoms with Crippen molar-refractivity contribution >= 4 is 74.7 Å². The van der Waals surface area contributed by atoms with Crippen molar-refractivity contribution in [3.05, 3.63) is 56.4 Å². The van der Waals surface area contributed by atoms with Crippen molar-refractivity contribution < 1.29 is 14.3 Å². The molecule has 3 rings (SSSR count). The molecule has 2 heterocycles. The molecule has 0 radical (unpaired) electrons. The molecule has 0 aliphatic rings. The van der Waals surface area contributed by atoms with E-state index in [1.54, 1.807) is 26.1 Å². The lowest BCUT2D eigenvalue weighted by atomic mass is 10.2. The van der Waals surface area contributed by atoms with Gasteiger partial charge < -0.3 is 15.0 Å². The van der Waals surface area contributed by atoms with E-state index in [0.717, 1.165) is 10.3 Å². The van der Waals surface area contributed by atoms with Gasteiger partial charge >= 0.3 is 0 Å². The van der Waals surface area contributed by atoms with Crippen LogP contribution in [0.2, 0.25) is 10.0 Å². The molecule has 0 unspecified atom stereocenters. The van der Waals surface area contributed by atoms with Gasteiger partial charge in [0.1, 0.15) is 11.2 Å². The highest BCUT2D eigenvalue weighted by Crippen LogP contribution is 2.35. The highest BCUT2D eigenvalue weighted by atomic mass is 79.9. The number of nitrogens with one attached hydrogen (secondary N) is 1. The number of aryl methyl sites for hydroxylation is 1. The van der Waals surface area contributed by atoms with Crippen LogP contribution in [0.4, 0.5) is 5.69 Å². The van der Waals surface area contributed by atoms with Crippen molar-refractivity contribution in [2.75, 3.05) is 18.5 Å². The Morgan fingerprint density at radius 3 is 2.69 bits per heavy atom. The number of amides is 2. The third kappa shape index (κ3) is 5.49. The SMILES string of the molecule is CCC(=O)NCC(=O)N(C)c1ccc(Cl)c(COc2cccn3c(Br)c(C)nc23)c1Cl.Cl. The molecule has 0 saturated heterocycles. The fourth-order valence-electron chi connectivity index (χ4n) is 2.92. The predicted octanol–water partition coefficient (Wildman–Crippen LogP) is 5.20. The number of ether oxygens (including phenoxy) is 1. The molecule has 2 amide bonds. The van der Waals surface area contributed by atoms with Gasteiger partial charge in [-0.15, -0.1) is 12.4 Å². The number of carbonyl (C=O) groups is 2. The number of anilines is 1. The maximum Gasteiger partial charge on any atom is 0.246 e. The summed E-state index contributed by atoms with van der Waals surface area (Å²) in [6.07, 6.45) is 2.18. The van der Waals surface area contributed by atoms with E-state index in [9.17, 15) is 9.59 Å². The Morgan fingerprint density at radius 2 is 2.00 bits per heavy atom. The van der Waals surface area contributed by atoms with Crippen molar-refractivity contribution in [2.45, 2.75) is 26.9 Å². The fourth-order valence-corrected chi connectivity index (χ4v) is 3.90. The van der Waals surface area contributed by atoms with Crippen LogP contribution in [0.25, 0.3) is 5.65 Å². The van der Waals surface area contributed by atoms with E-state index in [4.69, 9.17) is 27.9 Å². The third-order valence-electron chi connectivity index (χ3n) is 4.75. The molecular formula is C21H22BrCl3N4O3. The van der Waals surface area contributed by atoms with E-state index in [-0.39, 0.29) is 37.4 Å². The van der Waals surface area contributed by atoms with Crippen LogP contribution in [0.5, 0.6) is 5.75 Å². The van der Waals surface area contributed by atoms with Crippen molar-refractivity contribution in [2.24, 2.45) is 0 Å². The minimum atomic E-state index is -0.305. The standard InChI is InChI=1S/C21H21BrCl2N4O3.ClH/c1-4-17(29)25-10-18(30)27(3)15-8-7-14(23)13(19(15)24)11-31-16-6-5-9-28-20(22)12(2)26-21(16)28;/h5-9H,4,10-11H2,1-3H3,(H,25,29);1H. The Balaban J connectivity index is 0.00000363. The van der Waals surface area contributed by atoms with Crippen molar-refractivity contribution in [1.82, 2.24) is 14.7 Å². The topological polar surface area (TPSA) is 75.9 Å². The van der Waals surface area contributed by atoms with Crippen LogP contribution in [-0.2, 0) is 16.2 Å². The molecule has 1 aromatic carbocycles. The van der Waals surface area contributed by atoms with Gasteiger partial charge in [-0.25, -0.2) is 4.98 Å². The molecule has 0 saturated carbocycles. The normalized spacial score (nSPS) is 10.6. The fraction of sp³-hybridized carbons (Fsp3) is 0.286. The van der Waals surface area contributed by atoms with Gasteiger partial charge in [0.25, 0.3) is 0 Å². The third-order valence-corrected chi connectivity index (χ3v) is 6.48. The lowest BCUT2D eigenvalue weighted by Crippen LogP contribution is -2.38. The first-order valence-corrected chi connectivity index (χ1v) is 11.1. The number of rotatable bonds is 7. The van der Waals surface area contributed by atoms with Crippen LogP contribution in [0.1, 0.15) is 24.6 Å². The molecule has 0 spiro atoms. The number of aromatic nitrogens is 2. The number of nitrogens with zero attached hydrogens (tertiary/aromatic N) is 3. The molecule has 0 atom stereocenters. The van der Waals surface area contributed by atoms with Gasteiger partial charge in [-0.2, -0.15) is 0 Å². The minimum Gasteiger partial charge on any atom is -0.485 e. The summed E-state index contributed by atoms with van der Waals surface area (Å²) in [7, 11) is 1.59. The van der Waals surface area contributed by atoms with E-state index >= 15 is 0 Å². The number of likely N-dealkylation sites (N-methyl/N-ethyl adjacent to an activating group) is 1. The molecule has 11 heteroatoms. The molecule has 0 bridgehead atoms. The van der Waals surface area contributed by atoms with Crippen molar-refractivity contribution in [3.63, 3.8) is 0 Å². The summed E-state index contributed by atoms with van der Waals surface area (Å²) in [4.78, 5) is 29.8. The summed E-state index contributed by atoms with van der Waals surface area (Å²) in [6.45, 7) is 3.58. The summed E-state index contributed by atoms with van der Waals surface area (Å²) in [5, 5.41) is 3.28. The number of hydrogen-bond donors (Lipinski definition) is 1. The molecule has 0 fully saturated rings. The van der Waals surface area contributed by atoms with Gasteiger partial charge in [-0.3, -0.25) is 14.0 Å². The smallest absolute Gasteiger partial charge is 0.246 e. The predicted molar refractivity (Wildman–Crippen MR) is 132 cm³/mol. The Hall–Kier alpha value is -2.00. The lowest BCUT2D eigenvalue weighted by molar-refractivity contribution is -0.124. The van der Waals surface area contributed by atoms with Gasteiger partial charge in [0, 0.05) is 30.3 Å². The maximum absolute atomic E-state index is 12.4. The number of carbonyl (C=O) groups excluding carboxylic acids is 2. The monoisotopic (exact) mass is 562 g/mol. The minimum absolute atomic E-state index is 0. The first-order chi connectivity index (χ1) is 14.7. The highest BCUT2D eigenvalue weighted by molar-refractivity contribution is 9.10. The van der Waals surface area contributed by atoms with Crippen LogP contribution in [0.15, 0.2) is 35.1 Å². The molecule has 32 heavy (non-hydrogen) atoms. The molecular weight excluding hydrogens is 543 g/mol. The summed E-state index contributed by atoms with van der Waals surface area (Å²) >= 11 is 16.5. The number of pyridine rings is 1. The zero-order valence-corrected chi connectivity index (χ0v) is 21.5. The van der Waals surface area contributed by atoms with Crippen molar-refractivity contribution in [1.29, 1.82) is 0 Å². The second-order valence-corrected chi connectivity index (χ2v) is 8.32. The Kier molecular flexibility index (Phi) is 9.21. The van der Waals surface area contributed by atoms with Crippen LogP contribution in [0.3, 0.4) is 0 Å². The van der Waals surface area contributed by atoms with Gasteiger partial charge in [0.2, 0.25) is 11.8 Å². The van der Waals surface area contributed by atoms with E-state index in [1.807, 2.05) is 29.7 Å². The molecule has 1 N–H and O–H groups in total. The summed E-state index contributed by atoms with van der Waals surface area (Å²) in [6, 6.07) is 6.98. The zero-order valence-electron chi connectivity index (χ0n) is 17.6. The second-order valence-electron chi connectivity index (χ2n) is 6.78. The van der Waals surface area contributed by atoms with Crippen LogP contribution in [-0.4, -0.2) is 34.8 Å². The van der Waals surface area contributed by atoms with E-state index < -0.39 is 0 Å². The van der Waals surface area contributed by atoms with E-state index in [1.165, 1.54) is 4.90 Å². The van der Waals surface area contributed by atoms with Gasteiger partial charge in [-0.1, -0.05) is 30.1 Å². The Bertz CT molecular complexity index is 1150. The van der Waals surface area contributed by atoms with Crippen LogP contribution in [0, 0.1) is 6.92 Å². The number of fused-ring (bicyclic) bond motifs is 1. The van der Waals surface area contributed by atoms with Gasteiger partial charge in [0.05, 0.1) is 22.9 Å². The quantitative estimate of drug-likeness (QED) is 0.428. The number of hydrogen-bond acceptors (Lipinski definition) is 4. The largest absolute Gasteiger partial charge is 0.485 e. The van der Waals surface area contributed by atoms with Crippen molar-refractivity contribution in [3.8, 4) is 5.75 Å². The summed E-state index contributed by atoms with van der Waals surface area (Å²) in [5.74, 6) is 0.0639. The maximum atomic E-state index is 12.4. The summed E-state index contributed by atoms with van der Waals surface area (Å²) in [5.41, 5.74) is 2.51. The zero-order chi connectivity index (χ0) is 22.7. The highest BCUT2D eigenvalue weighted by Gasteiger charge is 2.19. The second kappa shape index (κ2) is 11.2. The summed E-state index contributed by atoms with van der Waals surface area (Å²) < 4.78 is 8.72. The van der Waals surface area contributed by atoms with Gasteiger partial charge in [0.15, 0.2) is 11.4 Å². The lowest BCUT2D eigenvalue weighted by Gasteiger charge is -2.21. The molecule has 172 valence electrons. The number of benzene rings is 1. The molecule has 0 aliphatic heterocycles. The van der Waals surface area contributed by atoms with Gasteiger partial charge in [-0.05, 0) is 47.1 Å². The molecule has 2 aromatic heterocycles. The van der Waals surface area contributed by atoms with E-state index in [2.05, 4.69) is 26.2 Å². The average Bonchev–Trinajstić information content (AvgIpc) is 3.05. The average molecular weight is 565 g/mol. The first-order valence-electron chi connectivity index (χ1n) is 9.50. The van der Waals surface area contributed by atoms with Crippen LogP contribution < -0.4 is 15.0 Å². The molecule has 3 aromatic rings. The first kappa shape index (κ1) is 26.3.